The van der Waals surface area contributed by atoms with Gasteiger partial charge in [0.05, 0.1) is 0 Å². The molecule has 1 aromatic carbocycles. The number of nitrogen functional groups attached to an aromatic ring is 1. The Balaban J connectivity index is 3.43. The summed E-state index contributed by atoms with van der Waals surface area (Å²) in [4.78, 5) is -0.470. The fourth-order valence-corrected chi connectivity index (χ4v) is 1.38. The summed E-state index contributed by atoms with van der Waals surface area (Å²) >= 11 is 0. The van der Waals surface area contributed by atoms with Crippen LogP contribution in [0.2, 0.25) is 0 Å². The van der Waals surface area contributed by atoms with E-state index in [0.29, 0.717) is 0 Å². The summed E-state index contributed by atoms with van der Waals surface area (Å²) in [5, 5.41) is 7.13. The van der Waals surface area contributed by atoms with Gasteiger partial charge in [0.15, 0.2) is 4.90 Å². The highest BCUT2D eigenvalue weighted by atomic mass is 32.2. The third-order valence-corrected chi connectivity index (χ3v) is 2.18. The van der Waals surface area contributed by atoms with Crippen LogP contribution >= 0.6 is 0 Å². The van der Waals surface area contributed by atoms with Crippen molar-refractivity contribution in [3.63, 3.8) is 0 Å². The molecule has 5 N–H and O–H groups in total. The van der Waals surface area contributed by atoms with Gasteiger partial charge in [-0.25, -0.2) is 0 Å². The lowest BCUT2D eigenvalue weighted by Crippen LogP contribution is -1.99. The summed E-state index contributed by atoms with van der Waals surface area (Å²) < 4.78 is 29.8. The molecule has 0 amide bonds. The van der Waals surface area contributed by atoms with Crippen LogP contribution in [0.15, 0.2) is 23.1 Å². The van der Waals surface area contributed by atoms with Crippen molar-refractivity contribution in [1.82, 2.24) is 0 Å². The van der Waals surface area contributed by atoms with E-state index < -0.39 is 15.0 Å². The van der Waals surface area contributed by atoms with Crippen LogP contribution in [0.3, 0.4) is 0 Å². The maximum atomic E-state index is 10.6. The second kappa shape index (κ2) is 2.65. The Bertz CT molecular complexity index is 398. The molecule has 0 aromatic heterocycles. The molecule has 0 fully saturated rings. The Morgan fingerprint density at radius 1 is 1.42 bits per heavy atom. The van der Waals surface area contributed by atoms with Crippen LogP contribution in [0.5, 0.6) is 5.75 Å². The number of nitrogens with two attached hydrogens (primary N) is 1. The topological polar surface area (TPSA) is 103 Å². The van der Waals surface area contributed by atoms with Gasteiger partial charge in [0.2, 0.25) is 0 Å². The van der Waals surface area contributed by atoms with E-state index in [0.717, 1.165) is 6.07 Å². The molecule has 0 saturated heterocycles. The Morgan fingerprint density at radius 2 is 2.00 bits per heavy atom. The summed E-state index contributed by atoms with van der Waals surface area (Å²) in [7, 11) is -4.32. The predicted octanol–water partition coefficient (Wildman–Crippen LogP) is -0.0466. The van der Waals surface area contributed by atoms with E-state index in [1.54, 1.807) is 0 Å². The fourth-order valence-electron chi connectivity index (χ4n) is 0.752. The van der Waals surface area contributed by atoms with E-state index in [1.165, 1.54) is 12.1 Å². The molecule has 1 aromatic rings. The highest BCUT2D eigenvalue weighted by molar-refractivity contribution is 7.86. The summed E-state index contributed by atoms with van der Waals surface area (Å²) in [6.45, 7) is 0. The Hall–Kier alpha value is -1.27. The minimum Gasteiger partial charge on any atom is -0.592 e. The van der Waals surface area contributed by atoms with Crippen molar-refractivity contribution < 1.29 is 18.1 Å². The number of hydrogen-bond donors (Lipinski definition) is 2. The number of rotatable bonds is 1. The lowest BCUT2D eigenvalue weighted by Gasteiger charge is -1.98. The van der Waals surface area contributed by atoms with Crippen molar-refractivity contribution in [3.05, 3.63) is 18.2 Å². The normalized spacial score (nSPS) is 11.4. The summed E-state index contributed by atoms with van der Waals surface area (Å²) in [5.41, 5.74) is 5.46. The van der Waals surface area contributed by atoms with Gasteiger partial charge in [-0.05, 0) is 12.1 Å². The molecule has 0 aliphatic carbocycles. The second-order valence-corrected chi connectivity index (χ2v) is 3.62. The van der Waals surface area contributed by atoms with Gasteiger partial charge in [0, 0.05) is 11.8 Å². The Kier molecular flexibility index (Phi) is 1.95. The highest BCUT2D eigenvalue weighted by Gasteiger charge is 2.18. The largest absolute Gasteiger partial charge is 0.592 e. The third kappa shape index (κ3) is 1.66. The van der Waals surface area contributed by atoms with Gasteiger partial charge in [-0.1, -0.05) is 0 Å². The number of benzene rings is 1. The quantitative estimate of drug-likeness (QED) is 0.368. The molecule has 6 heteroatoms. The Morgan fingerprint density at radius 3 is 2.42 bits per heavy atom. The minimum absolute atomic E-state index is 0.193. The molecule has 0 unspecified atom stereocenters. The van der Waals surface area contributed by atoms with Gasteiger partial charge >= 0.3 is 10.1 Å². The first kappa shape index (κ1) is 8.82. The predicted molar refractivity (Wildman–Crippen MR) is 43.7 cm³/mol. The van der Waals surface area contributed by atoms with E-state index >= 15 is 0 Å². The molecule has 12 heavy (non-hydrogen) atoms. The van der Waals surface area contributed by atoms with Gasteiger partial charge in [0.1, 0.15) is 0 Å². The molecule has 0 atom stereocenters. The molecular formula is C6H8NO4S+. The van der Waals surface area contributed by atoms with E-state index in [-0.39, 0.29) is 11.4 Å². The molecule has 0 heterocycles. The van der Waals surface area contributed by atoms with Crippen molar-refractivity contribution in [2.24, 2.45) is 0 Å². The Labute approximate surface area is 69.2 Å². The van der Waals surface area contributed by atoms with E-state index in [9.17, 15) is 8.42 Å². The minimum atomic E-state index is -4.32. The summed E-state index contributed by atoms with van der Waals surface area (Å²) in [5.74, 6) is -0.272. The molecule has 0 bridgehead atoms. The van der Waals surface area contributed by atoms with Crippen molar-refractivity contribution in [3.8, 4) is 5.75 Å². The number of hydrogen-bond acceptors (Lipinski definition) is 3. The van der Waals surface area contributed by atoms with Crippen LogP contribution in [-0.2, 0) is 10.1 Å². The first-order valence-corrected chi connectivity index (χ1v) is 4.44. The van der Waals surface area contributed by atoms with Crippen LogP contribution in [0.25, 0.3) is 0 Å². The van der Waals surface area contributed by atoms with Crippen molar-refractivity contribution in [1.29, 1.82) is 0 Å². The molecule has 66 valence electrons. The van der Waals surface area contributed by atoms with Crippen molar-refractivity contribution >= 4 is 15.8 Å². The zero-order valence-corrected chi connectivity index (χ0v) is 6.80. The molecule has 0 saturated carbocycles. The molecular weight excluding hydrogens is 182 g/mol. The standard InChI is InChI=1S/C6H7NO4S/c7-4-1-2-5(8)6(3-4)12(9,10)11/h1-3,8H,7H2,(H,9,10,11)/p+1. The van der Waals surface area contributed by atoms with Crippen LogP contribution < -0.4 is 5.73 Å². The van der Waals surface area contributed by atoms with E-state index in [1.807, 2.05) is 0 Å². The lowest BCUT2D eigenvalue weighted by molar-refractivity contribution is 0.443. The lowest BCUT2D eigenvalue weighted by atomic mass is 10.3. The zero-order valence-electron chi connectivity index (χ0n) is 5.98. The van der Waals surface area contributed by atoms with E-state index in [2.05, 4.69) is 0 Å². The first-order valence-electron chi connectivity index (χ1n) is 3.00. The van der Waals surface area contributed by atoms with Crippen LogP contribution in [0.4, 0.5) is 5.69 Å². The fraction of sp³-hybridized carbons (Fsp3) is 0. The van der Waals surface area contributed by atoms with E-state index in [4.69, 9.17) is 15.4 Å². The van der Waals surface area contributed by atoms with Crippen molar-refractivity contribution in [2.75, 3.05) is 5.73 Å². The van der Waals surface area contributed by atoms with Gasteiger partial charge in [-0.3, -0.25) is 4.55 Å². The summed E-state index contributed by atoms with van der Waals surface area (Å²) in [6.07, 6.45) is 0. The van der Waals surface area contributed by atoms with Gasteiger partial charge in [0.25, 0.3) is 5.75 Å². The molecule has 0 aliphatic heterocycles. The molecule has 0 spiro atoms. The molecule has 0 aliphatic rings. The SMILES string of the molecule is Nc1ccc([OH2+])c(S(=O)(=O)O)c1. The second-order valence-electron chi connectivity index (χ2n) is 2.23. The third-order valence-electron chi connectivity index (χ3n) is 1.28. The first-order chi connectivity index (χ1) is 5.41. The zero-order chi connectivity index (χ0) is 9.35. The van der Waals surface area contributed by atoms with Gasteiger partial charge < -0.3 is 10.8 Å². The van der Waals surface area contributed by atoms with Gasteiger partial charge in [-0.2, -0.15) is 8.42 Å². The average molecular weight is 190 g/mol. The van der Waals surface area contributed by atoms with Gasteiger partial charge in [-0.15, -0.1) is 0 Å². The van der Waals surface area contributed by atoms with Crippen molar-refractivity contribution in [2.45, 2.75) is 4.90 Å². The maximum absolute atomic E-state index is 10.6. The van der Waals surface area contributed by atoms with Crippen LogP contribution in [-0.4, -0.2) is 18.1 Å². The molecule has 0 radical (unpaired) electrons. The average Bonchev–Trinajstić information content (AvgIpc) is 1.92. The van der Waals surface area contributed by atoms with Crippen LogP contribution in [0, 0.1) is 0 Å². The summed E-state index contributed by atoms with van der Waals surface area (Å²) in [6, 6.07) is 3.63. The monoisotopic (exact) mass is 190 g/mol. The highest BCUT2D eigenvalue weighted by Crippen LogP contribution is 2.23. The smallest absolute Gasteiger partial charge is 0.303 e. The maximum Gasteiger partial charge on any atom is 0.303 e. The number of anilines is 1. The molecule has 5 nitrogen and oxygen atoms in total. The van der Waals surface area contributed by atoms with Crippen LogP contribution in [0.1, 0.15) is 0 Å². The molecule has 1 rings (SSSR count).